The highest BCUT2D eigenvalue weighted by atomic mass is 35.5. The molecule has 0 fully saturated rings. The van der Waals surface area contributed by atoms with Crippen molar-refractivity contribution in [3.05, 3.63) is 17.9 Å². The zero-order valence-corrected chi connectivity index (χ0v) is 11.1. The number of aryl methyl sites for hydroxylation is 1. The Morgan fingerprint density at radius 3 is 2.38 bits per heavy atom. The maximum atomic E-state index is 11.8. The van der Waals surface area contributed by atoms with Crippen molar-refractivity contribution >= 4 is 22.4 Å². The Bertz CT molecular complexity index is 439. The molecule has 3 N–H and O–H groups in total. The maximum absolute atomic E-state index is 11.8. The molecule has 1 aromatic heterocycles. The van der Waals surface area contributed by atoms with Gasteiger partial charge in [0.15, 0.2) is 0 Å². The van der Waals surface area contributed by atoms with Crippen LogP contribution < -0.4 is 10.5 Å². The summed E-state index contributed by atoms with van der Waals surface area (Å²) in [6.45, 7) is 5.32. The third kappa shape index (κ3) is 3.79. The number of halogens is 1. The Kier molecular flexibility index (Phi) is 5.00. The Balaban J connectivity index is 0.00000225. The minimum absolute atomic E-state index is 0. The normalized spacial score (nSPS) is 12.2. The minimum atomic E-state index is -3.61. The summed E-state index contributed by atoms with van der Waals surface area (Å²) in [5.74, 6) is 0.556. The molecule has 0 radical (unpaired) electrons. The summed E-state index contributed by atoms with van der Waals surface area (Å²) in [6, 6.07) is 3.02. The van der Waals surface area contributed by atoms with Crippen LogP contribution in [0.1, 0.15) is 19.6 Å². The molecule has 0 spiro atoms. The standard InChI is InChI=1S/C9H16N2O3S.ClH/c1-7-4-5-8(14-7)15(12,13)11-9(2,3)6-10;/h4-5,11H,6,10H2,1-3H3;1H. The first kappa shape index (κ1) is 15.4. The SMILES string of the molecule is Cc1ccc(S(=O)(=O)NC(C)(C)CN)o1.Cl. The molecule has 0 unspecified atom stereocenters. The monoisotopic (exact) mass is 268 g/mol. The molecule has 0 aromatic carbocycles. The molecule has 0 saturated carbocycles. The highest BCUT2D eigenvalue weighted by Crippen LogP contribution is 2.15. The number of hydrogen-bond acceptors (Lipinski definition) is 4. The highest BCUT2D eigenvalue weighted by molar-refractivity contribution is 7.89. The van der Waals surface area contributed by atoms with Crippen LogP contribution in [0.25, 0.3) is 0 Å². The number of hydrogen-bond donors (Lipinski definition) is 2. The van der Waals surface area contributed by atoms with Crippen LogP contribution in [0.4, 0.5) is 0 Å². The average Bonchev–Trinajstić information content (AvgIpc) is 2.51. The van der Waals surface area contributed by atoms with Crippen molar-refractivity contribution in [3.63, 3.8) is 0 Å². The molecule has 1 aromatic rings. The van der Waals surface area contributed by atoms with Crippen LogP contribution in [0.15, 0.2) is 21.6 Å². The van der Waals surface area contributed by atoms with E-state index in [4.69, 9.17) is 10.2 Å². The quantitative estimate of drug-likeness (QED) is 0.854. The molecule has 94 valence electrons. The first-order valence-electron chi connectivity index (χ1n) is 4.57. The lowest BCUT2D eigenvalue weighted by atomic mass is 10.1. The number of sulfonamides is 1. The van der Waals surface area contributed by atoms with E-state index in [1.807, 2.05) is 0 Å². The Morgan fingerprint density at radius 2 is 2.00 bits per heavy atom. The highest BCUT2D eigenvalue weighted by Gasteiger charge is 2.26. The molecule has 0 aliphatic carbocycles. The van der Waals surface area contributed by atoms with Gasteiger partial charge in [-0.15, -0.1) is 12.4 Å². The minimum Gasteiger partial charge on any atom is -0.449 e. The maximum Gasteiger partial charge on any atom is 0.274 e. The summed E-state index contributed by atoms with van der Waals surface area (Å²) < 4.78 is 31.0. The van der Waals surface area contributed by atoms with Crippen LogP contribution in [0, 0.1) is 6.92 Å². The zero-order chi connectivity index (χ0) is 11.7. The molecule has 0 atom stereocenters. The van der Waals surface area contributed by atoms with Gasteiger partial charge in [-0.3, -0.25) is 0 Å². The van der Waals surface area contributed by atoms with E-state index in [0.29, 0.717) is 5.76 Å². The molecule has 1 heterocycles. The predicted molar refractivity (Wildman–Crippen MR) is 64.1 cm³/mol. The van der Waals surface area contributed by atoms with E-state index in [2.05, 4.69) is 4.72 Å². The lowest BCUT2D eigenvalue weighted by Gasteiger charge is -2.22. The summed E-state index contributed by atoms with van der Waals surface area (Å²) in [6.07, 6.45) is 0. The third-order valence-corrected chi connectivity index (χ3v) is 3.47. The smallest absolute Gasteiger partial charge is 0.274 e. The largest absolute Gasteiger partial charge is 0.449 e. The molecule has 7 heteroatoms. The molecule has 0 amide bonds. The van der Waals surface area contributed by atoms with Crippen molar-refractivity contribution in [1.29, 1.82) is 0 Å². The summed E-state index contributed by atoms with van der Waals surface area (Å²) >= 11 is 0. The van der Waals surface area contributed by atoms with E-state index in [9.17, 15) is 8.42 Å². The lowest BCUT2D eigenvalue weighted by Crippen LogP contribution is -2.48. The summed E-state index contributed by atoms with van der Waals surface area (Å²) in [4.78, 5) is 0. The second kappa shape index (κ2) is 5.18. The van der Waals surface area contributed by atoms with Crippen LogP contribution >= 0.6 is 12.4 Å². The van der Waals surface area contributed by atoms with E-state index in [1.54, 1.807) is 26.8 Å². The summed E-state index contributed by atoms with van der Waals surface area (Å²) in [5, 5.41) is -0.0819. The molecular formula is C9H17ClN2O3S. The van der Waals surface area contributed by atoms with Crippen molar-refractivity contribution < 1.29 is 12.8 Å². The summed E-state index contributed by atoms with van der Waals surface area (Å²) in [7, 11) is -3.61. The van der Waals surface area contributed by atoms with Crippen LogP contribution in [-0.2, 0) is 10.0 Å². The molecule has 16 heavy (non-hydrogen) atoms. The molecule has 0 bridgehead atoms. The Labute approximate surface area is 102 Å². The third-order valence-electron chi connectivity index (χ3n) is 1.90. The fourth-order valence-corrected chi connectivity index (χ4v) is 2.41. The molecule has 1 rings (SSSR count). The second-order valence-corrected chi connectivity index (χ2v) is 5.67. The number of nitrogens with two attached hydrogens (primary N) is 1. The first-order valence-corrected chi connectivity index (χ1v) is 6.06. The number of rotatable bonds is 4. The van der Waals surface area contributed by atoms with E-state index < -0.39 is 15.6 Å². The number of furan rings is 1. The van der Waals surface area contributed by atoms with Gasteiger partial charge in [0, 0.05) is 12.1 Å². The van der Waals surface area contributed by atoms with Crippen molar-refractivity contribution in [3.8, 4) is 0 Å². The first-order chi connectivity index (χ1) is 6.77. The molecule has 0 aliphatic heterocycles. The molecular weight excluding hydrogens is 252 g/mol. The van der Waals surface area contributed by atoms with Gasteiger partial charge in [-0.2, -0.15) is 0 Å². The summed E-state index contributed by atoms with van der Waals surface area (Å²) in [5.41, 5.74) is 4.76. The van der Waals surface area contributed by atoms with Gasteiger partial charge < -0.3 is 10.2 Å². The molecule has 5 nitrogen and oxygen atoms in total. The topological polar surface area (TPSA) is 85.3 Å². The van der Waals surface area contributed by atoms with Gasteiger partial charge in [-0.1, -0.05) is 0 Å². The lowest BCUT2D eigenvalue weighted by molar-refractivity contribution is 0.408. The average molecular weight is 269 g/mol. The fourth-order valence-electron chi connectivity index (χ4n) is 1.01. The Morgan fingerprint density at radius 1 is 1.44 bits per heavy atom. The van der Waals surface area contributed by atoms with E-state index in [0.717, 1.165) is 0 Å². The zero-order valence-electron chi connectivity index (χ0n) is 9.48. The predicted octanol–water partition coefficient (Wildman–Crippen LogP) is 1.03. The second-order valence-electron chi connectivity index (χ2n) is 4.06. The number of nitrogens with one attached hydrogen (secondary N) is 1. The van der Waals surface area contributed by atoms with E-state index in [1.165, 1.54) is 6.07 Å². The van der Waals surface area contributed by atoms with Gasteiger partial charge in [0.1, 0.15) is 5.76 Å². The van der Waals surface area contributed by atoms with Crippen molar-refractivity contribution in [2.75, 3.05) is 6.54 Å². The van der Waals surface area contributed by atoms with E-state index >= 15 is 0 Å². The Hall–Kier alpha value is -0.560. The van der Waals surface area contributed by atoms with Crippen LogP contribution in [0.3, 0.4) is 0 Å². The van der Waals surface area contributed by atoms with Crippen molar-refractivity contribution in [2.24, 2.45) is 5.73 Å². The van der Waals surface area contributed by atoms with Gasteiger partial charge in [0.2, 0.25) is 5.09 Å². The van der Waals surface area contributed by atoms with Crippen molar-refractivity contribution in [1.82, 2.24) is 4.72 Å². The van der Waals surface area contributed by atoms with Gasteiger partial charge in [-0.05, 0) is 32.9 Å². The van der Waals surface area contributed by atoms with Gasteiger partial charge >= 0.3 is 0 Å². The molecule has 0 saturated heterocycles. The van der Waals surface area contributed by atoms with Gasteiger partial charge in [0.05, 0.1) is 0 Å². The van der Waals surface area contributed by atoms with Crippen LogP contribution in [-0.4, -0.2) is 20.5 Å². The van der Waals surface area contributed by atoms with Crippen molar-refractivity contribution in [2.45, 2.75) is 31.4 Å². The van der Waals surface area contributed by atoms with Crippen LogP contribution in [0.5, 0.6) is 0 Å². The van der Waals surface area contributed by atoms with E-state index in [-0.39, 0.29) is 24.0 Å². The van der Waals surface area contributed by atoms with Crippen LogP contribution in [0.2, 0.25) is 0 Å². The fraction of sp³-hybridized carbons (Fsp3) is 0.556. The van der Waals surface area contributed by atoms with Gasteiger partial charge in [-0.25, -0.2) is 13.1 Å². The van der Waals surface area contributed by atoms with Gasteiger partial charge in [0.25, 0.3) is 10.0 Å². The molecule has 0 aliphatic rings.